The van der Waals surface area contributed by atoms with Crippen molar-refractivity contribution in [2.75, 3.05) is 5.73 Å². The fourth-order valence-electron chi connectivity index (χ4n) is 1.36. The molecule has 14 heavy (non-hydrogen) atoms. The maximum Gasteiger partial charge on any atom is 0.0716 e. The summed E-state index contributed by atoms with van der Waals surface area (Å²) in [5.41, 5.74) is 6.68. The van der Waals surface area contributed by atoms with Gasteiger partial charge in [-0.2, -0.15) is 5.26 Å². The lowest BCUT2D eigenvalue weighted by Crippen LogP contribution is -1.87. The van der Waals surface area contributed by atoms with Gasteiger partial charge in [-0.25, -0.2) is 0 Å². The van der Waals surface area contributed by atoms with Crippen molar-refractivity contribution in [3.63, 3.8) is 0 Å². The Kier molecular flexibility index (Phi) is 2.44. The van der Waals surface area contributed by atoms with Crippen molar-refractivity contribution in [3.8, 4) is 6.07 Å². The van der Waals surface area contributed by atoms with Crippen LogP contribution < -0.4 is 5.73 Å². The maximum absolute atomic E-state index is 8.63. The van der Waals surface area contributed by atoms with Gasteiger partial charge in [0.15, 0.2) is 0 Å². The summed E-state index contributed by atoms with van der Waals surface area (Å²) < 4.78 is 2.16. The SMILES string of the molecule is N#CCc1sc2c(Br)cccc2c1N. The van der Waals surface area contributed by atoms with Crippen LogP contribution in [0.25, 0.3) is 10.1 Å². The fourth-order valence-corrected chi connectivity index (χ4v) is 3.02. The highest BCUT2D eigenvalue weighted by Crippen LogP contribution is 2.37. The molecule has 0 aliphatic rings. The molecule has 0 saturated carbocycles. The molecule has 2 rings (SSSR count). The van der Waals surface area contributed by atoms with E-state index in [4.69, 9.17) is 11.0 Å². The van der Waals surface area contributed by atoms with E-state index in [2.05, 4.69) is 22.0 Å². The molecule has 0 saturated heterocycles. The molecule has 2 N–H and O–H groups in total. The summed E-state index contributed by atoms with van der Waals surface area (Å²) in [6.07, 6.45) is 0.387. The predicted molar refractivity (Wildman–Crippen MR) is 63.3 cm³/mol. The molecule has 2 aromatic rings. The third kappa shape index (κ3) is 1.39. The van der Waals surface area contributed by atoms with Crippen molar-refractivity contribution in [3.05, 3.63) is 27.5 Å². The number of hydrogen-bond acceptors (Lipinski definition) is 3. The molecule has 0 aliphatic carbocycles. The Morgan fingerprint density at radius 3 is 2.93 bits per heavy atom. The molecule has 1 aromatic heterocycles. The zero-order chi connectivity index (χ0) is 10.1. The van der Waals surface area contributed by atoms with Gasteiger partial charge in [-0.05, 0) is 22.0 Å². The average Bonchev–Trinajstić information content (AvgIpc) is 2.48. The highest BCUT2D eigenvalue weighted by Gasteiger charge is 2.10. The van der Waals surface area contributed by atoms with Crippen LogP contribution in [-0.2, 0) is 6.42 Å². The molecule has 0 aliphatic heterocycles. The van der Waals surface area contributed by atoms with E-state index in [1.165, 1.54) is 0 Å². The minimum atomic E-state index is 0.387. The largest absolute Gasteiger partial charge is 0.397 e. The average molecular weight is 267 g/mol. The number of thiophene rings is 1. The highest BCUT2D eigenvalue weighted by molar-refractivity contribution is 9.10. The van der Waals surface area contributed by atoms with Gasteiger partial charge in [-0.1, -0.05) is 12.1 Å². The number of nitrogens with two attached hydrogens (primary N) is 1. The molecule has 2 nitrogen and oxygen atoms in total. The summed E-state index contributed by atoms with van der Waals surface area (Å²) in [6.45, 7) is 0. The summed E-state index contributed by atoms with van der Waals surface area (Å²) in [5, 5.41) is 9.66. The van der Waals surface area contributed by atoms with E-state index in [1.807, 2.05) is 18.2 Å². The molecule has 0 spiro atoms. The van der Waals surface area contributed by atoms with Gasteiger partial charge < -0.3 is 5.73 Å². The summed E-state index contributed by atoms with van der Waals surface area (Å²) in [5.74, 6) is 0. The lowest BCUT2D eigenvalue weighted by molar-refractivity contribution is 1.32. The van der Waals surface area contributed by atoms with Gasteiger partial charge >= 0.3 is 0 Å². The van der Waals surface area contributed by atoms with Gasteiger partial charge in [0.1, 0.15) is 0 Å². The molecular weight excluding hydrogens is 260 g/mol. The number of halogens is 1. The standard InChI is InChI=1S/C10H7BrN2S/c11-7-3-1-2-6-9(13)8(4-5-12)14-10(6)7/h1-3H,4,13H2. The van der Waals surface area contributed by atoms with Gasteiger partial charge in [0.2, 0.25) is 0 Å². The van der Waals surface area contributed by atoms with Crippen LogP contribution in [0.15, 0.2) is 22.7 Å². The molecule has 70 valence electrons. The molecule has 0 atom stereocenters. The first-order chi connectivity index (χ1) is 6.74. The molecule has 0 bridgehead atoms. The van der Waals surface area contributed by atoms with Gasteiger partial charge in [-0.3, -0.25) is 0 Å². The second-order valence-electron chi connectivity index (χ2n) is 2.89. The Morgan fingerprint density at radius 1 is 1.50 bits per heavy atom. The van der Waals surface area contributed by atoms with Gasteiger partial charge in [-0.15, -0.1) is 11.3 Å². The lowest BCUT2D eigenvalue weighted by Gasteiger charge is -1.93. The molecule has 0 unspecified atom stereocenters. The first-order valence-electron chi connectivity index (χ1n) is 4.06. The number of nitrogen functional groups attached to an aromatic ring is 1. The zero-order valence-corrected chi connectivity index (χ0v) is 9.65. The quantitative estimate of drug-likeness (QED) is 0.861. The molecular formula is C10H7BrN2S. The Labute approximate surface area is 94.1 Å². The van der Waals surface area contributed by atoms with E-state index in [9.17, 15) is 0 Å². The molecule has 1 heterocycles. The Balaban J connectivity index is 2.74. The third-order valence-corrected chi connectivity index (χ3v) is 4.20. The first-order valence-corrected chi connectivity index (χ1v) is 5.67. The molecule has 4 heteroatoms. The van der Waals surface area contributed by atoms with E-state index in [1.54, 1.807) is 11.3 Å². The van der Waals surface area contributed by atoms with E-state index in [-0.39, 0.29) is 0 Å². The van der Waals surface area contributed by atoms with Crippen LogP contribution in [0.4, 0.5) is 5.69 Å². The second-order valence-corrected chi connectivity index (χ2v) is 4.85. The molecule has 0 amide bonds. The third-order valence-electron chi connectivity index (χ3n) is 2.02. The topological polar surface area (TPSA) is 49.8 Å². The Hall–Kier alpha value is -1.05. The van der Waals surface area contributed by atoms with Crippen molar-refractivity contribution in [2.45, 2.75) is 6.42 Å². The summed E-state index contributed by atoms with van der Waals surface area (Å²) >= 11 is 5.05. The van der Waals surface area contributed by atoms with Crippen LogP contribution in [0.1, 0.15) is 4.88 Å². The van der Waals surface area contributed by atoms with E-state index < -0.39 is 0 Å². The normalized spacial score (nSPS) is 10.3. The van der Waals surface area contributed by atoms with E-state index in [0.29, 0.717) is 6.42 Å². The molecule has 0 fully saturated rings. The second kappa shape index (κ2) is 3.60. The monoisotopic (exact) mass is 266 g/mol. The van der Waals surface area contributed by atoms with Gasteiger partial charge in [0.05, 0.1) is 22.9 Å². The van der Waals surface area contributed by atoms with E-state index >= 15 is 0 Å². The number of anilines is 1. The number of nitriles is 1. The number of nitrogens with zero attached hydrogens (tertiary/aromatic N) is 1. The maximum atomic E-state index is 8.63. The highest BCUT2D eigenvalue weighted by atomic mass is 79.9. The van der Waals surface area contributed by atoms with Gasteiger partial charge in [0.25, 0.3) is 0 Å². The van der Waals surface area contributed by atoms with E-state index in [0.717, 1.165) is 25.1 Å². The van der Waals surface area contributed by atoms with Crippen molar-refractivity contribution in [2.24, 2.45) is 0 Å². The fraction of sp³-hybridized carbons (Fsp3) is 0.100. The van der Waals surface area contributed by atoms with Gasteiger partial charge in [0, 0.05) is 14.7 Å². The van der Waals surface area contributed by atoms with Crippen LogP contribution in [0.2, 0.25) is 0 Å². The van der Waals surface area contributed by atoms with Crippen molar-refractivity contribution < 1.29 is 0 Å². The minimum Gasteiger partial charge on any atom is -0.397 e. The van der Waals surface area contributed by atoms with Crippen LogP contribution in [-0.4, -0.2) is 0 Å². The smallest absolute Gasteiger partial charge is 0.0716 e. The van der Waals surface area contributed by atoms with Crippen LogP contribution in [0.3, 0.4) is 0 Å². The molecule has 0 radical (unpaired) electrons. The number of fused-ring (bicyclic) bond motifs is 1. The Morgan fingerprint density at radius 2 is 2.29 bits per heavy atom. The predicted octanol–water partition coefficient (Wildman–Crippen LogP) is 3.31. The number of hydrogen-bond donors (Lipinski definition) is 1. The van der Waals surface area contributed by atoms with Crippen LogP contribution in [0, 0.1) is 11.3 Å². The zero-order valence-electron chi connectivity index (χ0n) is 7.25. The summed E-state index contributed by atoms with van der Waals surface area (Å²) in [6, 6.07) is 8.03. The summed E-state index contributed by atoms with van der Waals surface area (Å²) in [4.78, 5) is 0.953. The number of rotatable bonds is 1. The first kappa shape index (κ1) is 9.50. The lowest BCUT2D eigenvalue weighted by atomic mass is 10.2. The van der Waals surface area contributed by atoms with Crippen LogP contribution >= 0.6 is 27.3 Å². The molecule has 1 aromatic carbocycles. The van der Waals surface area contributed by atoms with Crippen molar-refractivity contribution in [1.82, 2.24) is 0 Å². The summed E-state index contributed by atoms with van der Waals surface area (Å²) in [7, 11) is 0. The van der Waals surface area contributed by atoms with Crippen molar-refractivity contribution in [1.29, 1.82) is 5.26 Å². The number of benzene rings is 1. The minimum absolute atomic E-state index is 0.387. The van der Waals surface area contributed by atoms with Crippen molar-refractivity contribution >= 4 is 43.0 Å². The Bertz CT molecular complexity index is 525. The van der Waals surface area contributed by atoms with Crippen LogP contribution in [0.5, 0.6) is 0 Å².